The summed E-state index contributed by atoms with van der Waals surface area (Å²) in [6.07, 6.45) is 0. The van der Waals surface area contributed by atoms with Crippen LogP contribution < -0.4 is 5.32 Å². The number of benzene rings is 2. The van der Waals surface area contributed by atoms with Crippen molar-refractivity contribution >= 4 is 17.8 Å². The number of rotatable bonds is 5. The van der Waals surface area contributed by atoms with Gasteiger partial charge in [-0.25, -0.2) is 13.6 Å². The van der Waals surface area contributed by atoms with Crippen LogP contribution in [0.15, 0.2) is 48.5 Å². The Labute approximate surface area is 167 Å². The van der Waals surface area contributed by atoms with Gasteiger partial charge in [0, 0.05) is 12.6 Å². The van der Waals surface area contributed by atoms with E-state index in [0.29, 0.717) is 5.56 Å². The maximum atomic E-state index is 14.2. The number of nitrogens with one attached hydrogen (secondary N) is 1. The van der Waals surface area contributed by atoms with Crippen LogP contribution in [0.5, 0.6) is 0 Å². The molecule has 0 aliphatic carbocycles. The van der Waals surface area contributed by atoms with Crippen molar-refractivity contribution in [1.29, 1.82) is 0 Å². The van der Waals surface area contributed by atoms with E-state index in [0.717, 1.165) is 4.90 Å². The fourth-order valence-corrected chi connectivity index (χ4v) is 3.32. The minimum atomic E-state index is -1.59. The molecule has 0 bridgehead atoms. The number of likely N-dealkylation sites (N-methyl/N-ethyl adjacent to an activating group) is 1. The van der Waals surface area contributed by atoms with Crippen LogP contribution in [-0.4, -0.2) is 41.2 Å². The highest BCUT2D eigenvalue weighted by molar-refractivity contribution is 6.09. The Morgan fingerprint density at radius 2 is 1.76 bits per heavy atom. The van der Waals surface area contributed by atoms with E-state index in [1.165, 1.54) is 49.2 Å². The lowest BCUT2D eigenvalue weighted by molar-refractivity contribution is -0.139. The van der Waals surface area contributed by atoms with Crippen LogP contribution in [0.3, 0.4) is 0 Å². The fourth-order valence-electron chi connectivity index (χ4n) is 3.32. The van der Waals surface area contributed by atoms with Crippen molar-refractivity contribution in [3.05, 3.63) is 71.3 Å². The molecule has 29 heavy (non-hydrogen) atoms. The third kappa shape index (κ3) is 3.70. The quantitative estimate of drug-likeness (QED) is 0.784. The molecule has 2 atom stereocenters. The minimum absolute atomic E-state index is 0.0290. The maximum Gasteiger partial charge on any atom is 0.325 e. The Morgan fingerprint density at radius 3 is 2.38 bits per heavy atom. The number of imide groups is 1. The zero-order valence-electron chi connectivity index (χ0n) is 16.3. The Morgan fingerprint density at radius 1 is 1.14 bits per heavy atom. The van der Waals surface area contributed by atoms with E-state index >= 15 is 0 Å². The Bertz CT molecular complexity index is 964. The van der Waals surface area contributed by atoms with Gasteiger partial charge < -0.3 is 10.2 Å². The summed E-state index contributed by atoms with van der Waals surface area (Å²) in [5, 5.41) is 2.48. The van der Waals surface area contributed by atoms with Crippen molar-refractivity contribution in [2.45, 2.75) is 25.4 Å². The number of amides is 4. The lowest BCUT2D eigenvalue weighted by Gasteiger charge is -2.27. The molecule has 2 aromatic carbocycles. The Balaban J connectivity index is 1.76. The van der Waals surface area contributed by atoms with Crippen LogP contribution >= 0.6 is 0 Å². The molecule has 6 nitrogen and oxygen atoms in total. The summed E-state index contributed by atoms with van der Waals surface area (Å²) in [7, 11) is 1.53. The van der Waals surface area contributed by atoms with Crippen LogP contribution in [0.25, 0.3) is 0 Å². The molecule has 4 amide bonds. The van der Waals surface area contributed by atoms with Gasteiger partial charge >= 0.3 is 6.03 Å². The van der Waals surface area contributed by atoms with Crippen molar-refractivity contribution in [2.75, 3.05) is 13.6 Å². The first kappa shape index (κ1) is 20.4. The van der Waals surface area contributed by atoms with E-state index in [4.69, 9.17) is 0 Å². The topological polar surface area (TPSA) is 69.7 Å². The van der Waals surface area contributed by atoms with Crippen LogP contribution in [0.2, 0.25) is 0 Å². The lowest BCUT2D eigenvalue weighted by atomic mass is 9.91. The highest BCUT2D eigenvalue weighted by Gasteiger charge is 2.50. The second-order valence-corrected chi connectivity index (χ2v) is 7.16. The lowest BCUT2D eigenvalue weighted by Crippen LogP contribution is -2.44. The Hall–Kier alpha value is -3.29. The van der Waals surface area contributed by atoms with Gasteiger partial charge in [-0.1, -0.05) is 30.3 Å². The molecule has 1 N–H and O–H groups in total. The normalized spacial score (nSPS) is 19.8. The van der Waals surface area contributed by atoms with Gasteiger partial charge in [-0.2, -0.15) is 0 Å². The number of urea groups is 1. The smallest absolute Gasteiger partial charge is 0.325 e. The first-order valence-corrected chi connectivity index (χ1v) is 9.05. The highest BCUT2D eigenvalue weighted by atomic mass is 19.1. The third-order valence-corrected chi connectivity index (χ3v) is 5.31. The largest absolute Gasteiger partial charge is 0.337 e. The molecule has 1 aliphatic heterocycles. The molecule has 3 rings (SSSR count). The van der Waals surface area contributed by atoms with Crippen molar-refractivity contribution < 1.29 is 23.2 Å². The number of halogens is 2. The van der Waals surface area contributed by atoms with E-state index in [-0.39, 0.29) is 11.4 Å². The third-order valence-electron chi connectivity index (χ3n) is 5.31. The van der Waals surface area contributed by atoms with Crippen molar-refractivity contribution in [3.8, 4) is 0 Å². The molecule has 0 radical (unpaired) electrons. The summed E-state index contributed by atoms with van der Waals surface area (Å²) < 4.78 is 27.3. The van der Waals surface area contributed by atoms with E-state index in [9.17, 15) is 23.2 Å². The summed E-state index contributed by atoms with van der Waals surface area (Å²) in [4.78, 5) is 40.1. The van der Waals surface area contributed by atoms with Gasteiger partial charge in [-0.15, -0.1) is 0 Å². The van der Waals surface area contributed by atoms with Gasteiger partial charge in [0.25, 0.3) is 5.91 Å². The molecule has 1 saturated heterocycles. The molecule has 1 heterocycles. The van der Waals surface area contributed by atoms with Crippen molar-refractivity contribution in [3.63, 3.8) is 0 Å². The van der Waals surface area contributed by atoms with Gasteiger partial charge in [0.2, 0.25) is 5.91 Å². The van der Waals surface area contributed by atoms with E-state index < -0.39 is 41.8 Å². The van der Waals surface area contributed by atoms with Crippen LogP contribution in [0.4, 0.5) is 13.6 Å². The SMILES string of the molecule is CC(c1ccc(F)cc1)N(C)C(=O)CN1C(=O)NC(C)(c2ccccc2F)C1=O. The summed E-state index contributed by atoms with van der Waals surface area (Å²) >= 11 is 0. The van der Waals surface area contributed by atoms with E-state index in [1.54, 1.807) is 25.1 Å². The second-order valence-electron chi connectivity index (χ2n) is 7.16. The van der Waals surface area contributed by atoms with Gasteiger partial charge in [0.15, 0.2) is 0 Å². The molecular formula is C21H21F2N3O3. The molecule has 1 aliphatic rings. The van der Waals surface area contributed by atoms with Crippen molar-refractivity contribution in [1.82, 2.24) is 15.1 Å². The predicted octanol–water partition coefficient (Wildman–Crippen LogP) is 2.95. The first-order valence-electron chi connectivity index (χ1n) is 9.05. The Kier molecular flexibility index (Phi) is 5.37. The van der Waals surface area contributed by atoms with Crippen LogP contribution in [-0.2, 0) is 15.1 Å². The van der Waals surface area contributed by atoms with E-state index in [1.807, 2.05) is 0 Å². The maximum absolute atomic E-state index is 14.2. The number of carbonyl (C=O) groups excluding carboxylic acids is 3. The fraction of sp³-hybridized carbons (Fsp3) is 0.286. The molecule has 0 spiro atoms. The summed E-state index contributed by atoms with van der Waals surface area (Å²) in [6.45, 7) is 2.66. The molecule has 2 unspecified atom stereocenters. The molecule has 0 saturated carbocycles. The first-order chi connectivity index (χ1) is 13.6. The van der Waals surface area contributed by atoms with E-state index in [2.05, 4.69) is 5.32 Å². The minimum Gasteiger partial charge on any atom is -0.337 e. The van der Waals surface area contributed by atoms with Crippen molar-refractivity contribution in [2.24, 2.45) is 0 Å². The summed E-state index contributed by atoms with van der Waals surface area (Å²) in [6, 6.07) is 10.2. The van der Waals surface area contributed by atoms with Crippen LogP contribution in [0.1, 0.15) is 31.0 Å². The molecular weight excluding hydrogens is 380 g/mol. The molecule has 2 aromatic rings. The number of hydrogen-bond donors (Lipinski definition) is 1. The molecule has 8 heteroatoms. The predicted molar refractivity (Wildman–Crippen MR) is 102 cm³/mol. The second kappa shape index (κ2) is 7.62. The van der Waals surface area contributed by atoms with Gasteiger partial charge in [0.1, 0.15) is 23.7 Å². The average Bonchev–Trinajstić information content (AvgIpc) is 2.91. The standard InChI is InChI=1S/C21H21F2N3O3/c1-13(14-8-10-15(22)11-9-14)25(3)18(27)12-26-19(28)21(2,24-20(26)29)16-6-4-5-7-17(16)23/h4-11,13H,12H2,1-3H3,(H,24,29). The zero-order valence-corrected chi connectivity index (χ0v) is 16.3. The average molecular weight is 401 g/mol. The zero-order chi connectivity index (χ0) is 21.3. The van der Waals surface area contributed by atoms with Gasteiger partial charge in [-0.05, 0) is 37.6 Å². The molecule has 1 fully saturated rings. The van der Waals surface area contributed by atoms with Gasteiger partial charge in [0.05, 0.1) is 6.04 Å². The summed E-state index contributed by atoms with van der Waals surface area (Å²) in [5.41, 5.74) is -0.860. The highest BCUT2D eigenvalue weighted by Crippen LogP contribution is 2.30. The number of carbonyl (C=O) groups is 3. The molecule has 0 aromatic heterocycles. The summed E-state index contributed by atoms with van der Waals surface area (Å²) in [5.74, 6) is -2.20. The van der Waals surface area contributed by atoms with Gasteiger partial charge in [-0.3, -0.25) is 14.5 Å². The molecule has 152 valence electrons. The van der Waals surface area contributed by atoms with Crippen LogP contribution in [0, 0.1) is 11.6 Å². The monoisotopic (exact) mass is 401 g/mol. The number of nitrogens with zero attached hydrogens (tertiary/aromatic N) is 2. The number of hydrogen-bond acceptors (Lipinski definition) is 3.